The van der Waals surface area contributed by atoms with Crippen LogP contribution in [0.3, 0.4) is 0 Å². The Morgan fingerprint density at radius 3 is 2.84 bits per heavy atom. The second-order valence-electron chi connectivity index (χ2n) is 3.67. The predicted molar refractivity (Wildman–Crippen MR) is 64.1 cm³/mol. The first-order valence-electron chi connectivity index (χ1n) is 5.07. The van der Waals surface area contributed by atoms with Crippen molar-refractivity contribution in [2.45, 2.75) is 6.54 Å². The van der Waals surface area contributed by atoms with E-state index in [1.54, 1.807) is 0 Å². The largest absolute Gasteiger partial charge is 0.408 e. The van der Waals surface area contributed by atoms with Crippen LogP contribution in [-0.4, -0.2) is 14.7 Å². The molecule has 6 nitrogen and oxygen atoms in total. The van der Waals surface area contributed by atoms with E-state index < -0.39 is 16.6 Å². The van der Waals surface area contributed by atoms with Crippen molar-refractivity contribution in [3.8, 4) is 6.07 Å². The van der Waals surface area contributed by atoms with Crippen molar-refractivity contribution in [2.24, 2.45) is 0 Å². The molecule has 0 atom stereocenters. The van der Waals surface area contributed by atoms with Gasteiger partial charge in [-0.1, -0.05) is 17.7 Å². The molecule has 0 amide bonds. The molecule has 0 bridgehead atoms. The molecule has 0 fully saturated rings. The van der Waals surface area contributed by atoms with Gasteiger partial charge in [0, 0.05) is 5.56 Å². The average Bonchev–Trinajstić information content (AvgIpc) is 2.73. The lowest BCUT2D eigenvalue weighted by atomic mass is 10.1. The van der Waals surface area contributed by atoms with Crippen LogP contribution < -0.4 is 0 Å². The summed E-state index contributed by atoms with van der Waals surface area (Å²) in [6, 6.07) is 5.79. The molecule has 0 spiro atoms. The molecular weight excluding hydrogens is 275 g/mol. The number of halogens is 2. The van der Waals surface area contributed by atoms with Crippen LogP contribution in [0.1, 0.15) is 11.1 Å². The minimum Gasteiger partial charge on any atom is -0.358 e. The lowest BCUT2D eigenvalue weighted by Gasteiger charge is -2.00. The van der Waals surface area contributed by atoms with Gasteiger partial charge in [-0.3, -0.25) is 0 Å². The van der Waals surface area contributed by atoms with E-state index in [4.69, 9.17) is 16.9 Å². The quantitative estimate of drug-likeness (QED) is 0.638. The first-order chi connectivity index (χ1) is 9.01. The lowest BCUT2D eigenvalue weighted by molar-refractivity contribution is -0.389. The van der Waals surface area contributed by atoms with Crippen LogP contribution in [0.2, 0.25) is 5.02 Å². The number of benzene rings is 1. The topological polar surface area (TPSA) is 84.8 Å². The summed E-state index contributed by atoms with van der Waals surface area (Å²) in [4.78, 5) is 9.86. The van der Waals surface area contributed by atoms with Gasteiger partial charge in [-0.2, -0.15) is 9.94 Å². The van der Waals surface area contributed by atoms with Crippen molar-refractivity contribution in [2.75, 3.05) is 0 Å². The van der Waals surface area contributed by atoms with Gasteiger partial charge in [0.05, 0.1) is 29.5 Å². The smallest absolute Gasteiger partial charge is 0.358 e. The Kier molecular flexibility index (Phi) is 3.44. The van der Waals surface area contributed by atoms with E-state index in [2.05, 4.69) is 5.10 Å². The maximum atomic E-state index is 13.6. The van der Waals surface area contributed by atoms with Gasteiger partial charge in [-0.05, 0) is 17.1 Å². The summed E-state index contributed by atoms with van der Waals surface area (Å²) >= 11 is 5.63. The van der Waals surface area contributed by atoms with Gasteiger partial charge in [0.15, 0.2) is 5.02 Å². The van der Waals surface area contributed by atoms with Crippen LogP contribution in [0.25, 0.3) is 0 Å². The first-order valence-corrected chi connectivity index (χ1v) is 5.45. The van der Waals surface area contributed by atoms with Crippen molar-refractivity contribution in [3.63, 3.8) is 0 Å². The highest BCUT2D eigenvalue weighted by atomic mass is 35.5. The van der Waals surface area contributed by atoms with Gasteiger partial charge in [0.25, 0.3) is 0 Å². The Labute approximate surface area is 111 Å². The molecule has 0 unspecified atom stereocenters. The van der Waals surface area contributed by atoms with E-state index in [1.165, 1.54) is 23.0 Å². The van der Waals surface area contributed by atoms with Crippen LogP contribution >= 0.6 is 11.6 Å². The van der Waals surface area contributed by atoms with Crippen molar-refractivity contribution < 1.29 is 9.31 Å². The Hall–Kier alpha value is -2.46. The van der Waals surface area contributed by atoms with Crippen LogP contribution in [0, 0.1) is 27.3 Å². The number of hydrogen-bond acceptors (Lipinski definition) is 4. The fourth-order valence-corrected chi connectivity index (χ4v) is 1.73. The third kappa shape index (κ3) is 2.69. The van der Waals surface area contributed by atoms with E-state index in [0.717, 1.165) is 6.07 Å². The second-order valence-corrected chi connectivity index (χ2v) is 4.08. The first kappa shape index (κ1) is 13.0. The van der Waals surface area contributed by atoms with Gasteiger partial charge in [0.2, 0.25) is 0 Å². The van der Waals surface area contributed by atoms with Gasteiger partial charge in [0.1, 0.15) is 5.82 Å². The maximum absolute atomic E-state index is 13.6. The molecule has 1 aromatic heterocycles. The standard InChI is InChI=1S/C11H6ClFN4O2/c12-9-6-16(15-11(9)17(18)19)5-8-2-1-7(4-14)3-10(8)13/h1-3,6H,5H2. The number of rotatable bonds is 3. The van der Waals surface area contributed by atoms with Gasteiger partial charge in [-0.25, -0.2) is 4.39 Å². The summed E-state index contributed by atoms with van der Waals surface area (Å²) in [7, 11) is 0. The molecule has 96 valence electrons. The molecule has 0 N–H and O–H groups in total. The van der Waals surface area contributed by atoms with Gasteiger partial charge >= 0.3 is 5.82 Å². The maximum Gasteiger partial charge on any atom is 0.408 e. The molecule has 0 saturated heterocycles. The molecule has 2 rings (SSSR count). The SMILES string of the molecule is N#Cc1ccc(Cn2cc(Cl)c([N+](=O)[O-])n2)c(F)c1. The normalized spacial score (nSPS) is 10.2. The Morgan fingerprint density at radius 2 is 2.32 bits per heavy atom. The molecule has 19 heavy (non-hydrogen) atoms. The van der Waals surface area contributed by atoms with E-state index in [9.17, 15) is 14.5 Å². The summed E-state index contributed by atoms with van der Waals surface area (Å²) in [5.41, 5.74) is 0.457. The van der Waals surface area contributed by atoms with E-state index in [1.807, 2.05) is 6.07 Å². The number of aromatic nitrogens is 2. The van der Waals surface area contributed by atoms with Crippen molar-refractivity contribution in [1.82, 2.24) is 9.78 Å². The van der Waals surface area contributed by atoms with E-state index in [0.29, 0.717) is 0 Å². The second kappa shape index (κ2) is 5.04. The fraction of sp³-hybridized carbons (Fsp3) is 0.0909. The predicted octanol–water partition coefficient (Wildman–Crippen LogP) is 2.50. The third-order valence-electron chi connectivity index (χ3n) is 2.39. The highest BCUT2D eigenvalue weighted by Crippen LogP contribution is 2.22. The van der Waals surface area contributed by atoms with Crippen LogP contribution in [-0.2, 0) is 6.54 Å². The fourth-order valence-electron chi connectivity index (χ4n) is 1.51. The molecule has 8 heteroatoms. The number of nitrogens with zero attached hydrogens (tertiary/aromatic N) is 4. The molecule has 0 saturated carbocycles. The molecule has 0 radical (unpaired) electrons. The molecule has 0 aliphatic carbocycles. The van der Waals surface area contributed by atoms with Crippen LogP contribution in [0.4, 0.5) is 10.2 Å². The van der Waals surface area contributed by atoms with Gasteiger partial charge in [-0.15, -0.1) is 0 Å². The molecule has 0 aliphatic rings. The number of nitro groups is 1. The van der Waals surface area contributed by atoms with Crippen LogP contribution in [0.5, 0.6) is 0 Å². The van der Waals surface area contributed by atoms with Crippen molar-refractivity contribution in [3.05, 3.63) is 56.5 Å². The molecule has 1 aromatic carbocycles. The summed E-state index contributed by atoms with van der Waals surface area (Å²) in [6.07, 6.45) is 1.25. The van der Waals surface area contributed by atoms with Crippen molar-refractivity contribution >= 4 is 17.4 Å². The molecule has 2 aromatic rings. The molecular formula is C11H6ClFN4O2. The Morgan fingerprint density at radius 1 is 1.58 bits per heavy atom. The average molecular weight is 281 g/mol. The van der Waals surface area contributed by atoms with Crippen molar-refractivity contribution in [1.29, 1.82) is 5.26 Å². The lowest BCUT2D eigenvalue weighted by Crippen LogP contribution is -2.03. The Balaban J connectivity index is 2.29. The summed E-state index contributed by atoms with van der Waals surface area (Å²) < 4.78 is 14.8. The highest BCUT2D eigenvalue weighted by molar-refractivity contribution is 6.32. The number of nitriles is 1. The summed E-state index contributed by atoms with van der Waals surface area (Å²) in [5.74, 6) is -1.05. The monoisotopic (exact) mass is 280 g/mol. The zero-order valence-electron chi connectivity index (χ0n) is 9.38. The summed E-state index contributed by atoms with van der Waals surface area (Å²) in [6.45, 7) is -0.00883. The van der Waals surface area contributed by atoms with Crippen LogP contribution in [0.15, 0.2) is 24.4 Å². The minimum atomic E-state index is -0.714. The third-order valence-corrected chi connectivity index (χ3v) is 2.65. The molecule has 0 aliphatic heterocycles. The van der Waals surface area contributed by atoms with Gasteiger partial charge < -0.3 is 10.1 Å². The highest BCUT2D eigenvalue weighted by Gasteiger charge is 2.19. The number of hydrogen-bond donors (Lipinski definition) is 0. The zero-order valence-corrected chi connectivity index (χ0v) is 10.1. The minimum absolute atomic E-state index is 0.00883. The van der Waals surface area contributed by atoms with E-state index >= 15 is 0 Å². The van der Waals surface area contributed by atoms with E-state index in [-0.39, 0.29) is 22.7 Å². The Bertz CT molecular complexity index is 692. The zero-order chi connectivity index (χ0) is 14.0. The summed E-state index contributed by atoms with van der Waals surface area (Å²) in [5, 5.41) is 22.7. The molecule has 1 heterocycles.